The SMILES string of the molecule is C=CCNC(=O)C1CC1C(=O)Nc1ccc(N2CCCCC2)cc1. The lowest BCUT2D eigenvalue weighted by Gasteiger charge is -2.28. The molecule has 5 nitrogen and oxygen atoms in total. The van der Waals surface area contributed by atoms with E-state index in [0.29, 0.717) is 13.0 Å². The second kappa shape index (κ2) is 7.51. The maximum atomic E-state index is 12.2. The highest BCUT2D eigenvalue weighted by molar-refractivity contribution is 5.99. The molecule has 1 heterocycles. The number of rotatable bonds is 6. The van der Waals surface area contributed by atoms with Gasteiger partial charge in [0.15, 0.2) is 0 Å². The van der Waals surface area contributed by atoms with Crippen LogP contribution in [-0.4, -0.2) is 31.4 Å². The third-order valence-corrected chi connectivity index (χ3v) is 4.74. The van der Waals surface area contributed by atoms with E-state index >= 15 is 0 Å². The third-order valence-electron chi connectivity index (χ3n) is 4.74. The van der Waals surface area contributed by atoms with Gasteiger partial charge >= 0.3 is 0 Å². The van der Waals surface area contributed by atoms with E-state index in [2.05, 4.69) is 34.2 Å². The Bertz CT molecular complexity index is 606. The van der Waals surface area contributed by atoms with Crippen molar-refractivity contribution in [3.8, 4) is 0 Å². The van der Waals surface area contributed by atoms with Gasteiger partial charge in [-0.25, -0.2) is 0 Å². The summed E-state index contributed by atoms with van der Waals surface area (Å²) in [6.07, 6.45) is 6.07. The Morgan fingerprint density at radius 2 is 1.75 bits per heavy atom. The van der Waals surface area contributed by atoms with Gasteiger partial charge in [-0.3, -0.25) is 9.59 Å². The number of piperidine rings is 1. The predicted octanol–water partition coefficient (Wildman–Crippen LogP) is 2.55. The fourth-order valence-corrected chi connectivity index (χ4v) is 3.22. The summed E-state index contributed by atoms with van der Waals surface area (Å²) >= 11 is 0. The average molecular weight is 327 g/mol. The van der Waals surface area contributed by atoms with Crippen LogP contribution < -0.4 is 15.5 Å². The normalized spacial score (nSPS) is 22.6. The molecule has 1 aromatic rings. The molecule has 0 aromatic heterocycles. The number of nitrogens with one attached hydrogen (secondary N) is 2. The van der Waals surface area contributed by atoms with Crippen LogP contribution >= 0.6 is 0 Å². The smallest absolute Gasteiger partial charge is 0.228 e. The van der Waals surface area contributed by atoms with Gasteiger partial charge in [-0.1, -0.05) is 6.08 Å². The quantitative estimate of drug-likeness (QED) is 0.790. The lowest BCUT2D eigenvalue weighted by Crippen LogP contribution is -2.29. The van der Waals surface area contributed by atoms with E-state index in [1.165, 1.54) is 24.9 Å². The van der Waals surface area contributed by atoms with Crippen LogP contribution in [-0.2, 0) is 9.59 Å². The Hall–Kier alpha value is -2.30. The van der Waals surface area contributed by atoms with E-state index in [-0.39, 0.29) is 23.7 Å². The summed E-state index contributed by atoms with van der Waals surface area (Å²) in [5, 5.41) is 5.66. The van der Waals surface area contributed by atoms with E-state index in [9.17, 15) is 9.59 Å². The first kappa shape index (κ1) is 16.6. The van der Waals surface area contributed by atoms with Gasteiger partial charge in [0.25, 0.3) is 0 Å². The first-order chi connectivity index (χ1) is 11.7. The van der Waals surface area contributed by atoms with Crippen LogP contribution in [0.3, 0.4) is 0 Å². The van der Waals surface area contributed by atoms with Gasteiger partial charge in [0, 0.05) is 31.0 Å². The van der Waals surface area contributed by atoms with Crippen molar-refractivity contribution >= 4 is 23.2 Å². The van der Waals surface area contributed by atoms with Crippen molar-refractivity contribution in [1.29, 1.82) is 0 Å². The summed E-state index contributed by atoms with van der Waals surface area (Å²) in [5.74, 6) is -0.538. The van der Waals surface area contributed by atoms with Crippen LogP contribution in [0.15, 0.2) is 36.9 Å². The van der Waals surface area contributed by atoms with E-state index in [4.69, 9.17) is 0 Å². The molecule has 5 heteroatoms. The van der Waals surface area contributed by atoms with E-state index in [1.807, 2.05) is 12.1 Å². The Balaban J connectivity index is 1.50. The van der Waals surface area contributed by atoms with Gasteiger partial charge < -0.3 is 15.5 Å². The fourth-order valence-electron chi connectivity index (χ4n) is 3.22. The highest BCUT2D eigenvalue weighted by atomic mass is 16.2. The Labute approximate surface area is 143 Å². The molecule has 2 atom stereocenters. The summed E-state index contributed by atoms with van der Waals surface area (Å²) in [6.45, 7) is 6.22. The first-order valence-electron chi connectivity index (χ1n) is 8.73. The standard InChI is InChI=1S/C19H25N3O2/c1-2-10-20-18(23)16-13-17(16)19(24)21-14-6-8-15(9-7-14)22-11-4-3-5-12-22/h2,6-9,16-17H,1,3-5,10-13H2,(H,20,23)(H,21,24). The van der Waals surface area contributed by atoms with E-state index in [0.717, 1.165) is 18.8 Å². The maximum Gasteiger partial charge on any atom is 0.228 e. The third kappa shape index (κ3) is 3.96. The fraction of sp³-hybridized carbons (Fsp3) is 0.474. The molecule has 1 aliphatic carbocycles. The second-order valence-electron chi connectivity index (χ2n) is 6.57. The maximum absolute atomic E-state index is 12.2. The molecule has 3 rings (SSSR count). The van der Waals surface area contributed by atoms with Crippen molar-refractivity contribution in [2.24, 2.45) is 11.8 Å². The molecule has 1 aliphatic heterocycles. The highest BCUT2D eigenvalue weighted by Gasteiger charge is 2.47. The lowest BCUT2D eigenvalue weighted by molar-refractivity contribution is -0.125. The summed E-state index contributed by atoms with van der Waals surface area (Å²) in [5.41, 5.74) is 2.00. The van der Waals surface area contributed by atoms with Crippen LogP contribution in [0.5, 0.6) is 0 Å². The summed E-state index contributed by atoms with van der Waals surface area (Å²) in [4.78, 5) is 26.4. The highest BCUT2D eigenvalue weighted by Crippen LogP contribution is 2.39. The Morgan fingerprint density at radius 3 is 2.42 bits per heavy atom. The molecule has 2 aliphatic rings. The lowest BCUT2D eigenvalue weighted by atomic mass is 10.1. The van der Waals surface area contributed by atoms with Crippen LogP contribution in [0.1, 0.15) is 25.7 Å². The van der Waals surface area contributed by atoms with Gasteiger partial charge in [-0.15, -0.1) is 6.58 Å². The molecule has 1 saturated carbocycles. The molecule has 2 fully saturated rings. The van der Waals surface area contributed by atoms with Crippen molar-refractivity contribution < 1.29 is 9.59 Å². The van der Waals surface area contributed by atoms with E-state index < -0.39 is 0 Å². The number of carbonyl (C=O) groups is 2. The van der Waals surface area contributed by atoms with Crippen LogP contribution in [0.25, 0.3) is 0 Å². The summed E-state index contributed by atoms with van der Waals surface area (Å²) in [6, 6.07) is 8.00. The number of nitrogens with zero attached hydrogens (tertiary/aromatic N) is 1. The summed E-state index contributed by atoms with van der Waals surface area (Å²) < 4.78 is 0. The summed E-state index contributed by atoms with van der Waals surface area (Å²) in [7, 11) is 0. The largest absolute Gasteiger partial charge is 0.372 e. The molecule has 2 N–H and O–H groups in total. The zero-order valence-corrected chi connectivity index (χ0v) is 14.0. The number of anilines is 2. The molecule has 2 amide bonds. The zero-order chi connectivity index (χ0) is 16.9. The number of benzene rings is 1. The van der Waals surface area contributed by atoms with Gasteiger partial charge in [0.05, 0.1) is 11.8 Å². The molecule has 2 unspecified atom stereocenters. The number of carbonyl (C=O) groups excluding carboxylic acids is 2. The molecular formula is C19H25N3O2. The van der Waals surface area contributed by atoms with Crippen molar-refractivity contribution in [3.05, 3.63) is 36.9 Å². The predicted molar refractivity (Wildman–Crippen MR) is 95.9 cm³/mol. The van der Waals surface area contributed by atoms with Gasteiger partial charge in [0.1, 0.15) is 0 Å². The van der Waals surface area contributed by atoms with Gasteiger partial charge in [-0.2, -0.15) is 0 Å². The number of hydrogen-bond donors (Lipinski definition) is 2. The minimum absolute atomic E-state index is 0.0597. The van der Waals surface area contributed by atoms with Crippen LogP contribution in [0.2, 0.25) is 0 Å². The van der Waals surface area contributed by atoms with Crippen molar-refractivity contribution in [2.75, 3.05) is 29.9 Å². The molecule has 128 valence electrons. The van der Waals surface area contributed by atoms with Gasteiger partial charge in [0.2, 0.25) is 11.8 Å². The van der Waals surface area contributed by atoms with Crippen molar-refractivity contribution in [3.63, 3.8) is 0 Å². The van der Waals surface area contributed by atoms with Crippen LogP contribution in [0, 0.1) is 11.8 Å². The minimum Gasteiger partial charge on any atom is -0.372 e. The minimum atomic E-state index is -0.211. The topological polar surface area (TPSA) is 61.4 Å². The second-order valence-corrected chi connectivity index (χ2v) is 6.57. The van der Waals surface area contributed by atoms with Crippen molar-refractivity contribution in [1.82, 2.24) is 5.32 Å². The molecule has 0 radical (unpaired) electrons. The molecule has 1 saturated heterocycles. The number of hydrogen-bond acceptors (Lipinski definition) is 3. The monoisotopic (exact) mass is 327 g/mol. The zero-order valence-electron chi connectivity index (χ0n) is 14.0. The molecule has 1 aromatic carbocycles. The molecule has 0 spiro atoms. The molecule has 24 heavy (non-hydrogen) atoms. The Morgan fingerprint density at radius 1 is 1.08 bits per heavy atom. The van der Waals surface area contributed by atoms with Gasteiger partial charge in [-0.05, 0) is 49.9 Å². The van der Waals surface area contributed by atoms with Crippen LogP contribution in [0.4, 0.5) is 11.4 Å². The average Bonchev–Trinajstić information content (AvgIpc) is 3.42. The molecular weight excluding hydrogens is 302 g/mol. The number of amides is 2. The molecule has 0 bridgehead atoms. The van der Waals surface area contributed by atoms with E-state index in [1.54, 1.807) is 6.08 Å². The Kier molecular flexibility index (Phi) is 5.18. The first-order valence-corrected chi connectivity index (χ1v) is 8.73. The van der Waals surface area contributed by atoms with Crippen molar-refractivity contribution in [2.45, 2.75) is 25.7 Å².